The fourth-order valence-electron chi connectivity index (χ4n) is 1.66. The lowest BCUT2D eigenvalue weighted by molar-refractivity contribution is 0.273. The summed E-state index contributed by atoms with van der Waals surface area (Å²) in [6, 6.07) is 0. The van der Waals surface area contributed by atoms with Gasteiger partial charge in [-0.25, -0.2) is 8.42 Å². The number of aryl methyl sites for hydroxylation is 1. The average molecular weight is 307 g/mol. The topological polar surface area (TPSA) is 96.3 Å². The molecule has 0 fully saturated rings. The first-order valence-corrected chi connectivity index (χ1v) is 8.29. The number of hydrogen-bond acceptors (Lipinski definition) is 5. The number of thiazole rings is 1. The Morgan fingerprint density at radius 3 is 2.37 bits per heavy atom. The van der Waals surface area contributed by atoms with Crippen LogP contribution in [0.2, 0.25) is 0 Å². The molecule has 1 aromatic rings. The van der Waals surface area contributed by atoms with Crippen molar-refractivity contribution in [2.75, 3.05) is 19.6 Å². The van der Waals surface area contributed by atoms with E-state index in [0.717, 1.165) is 11.3 Å². The van der Waals surface area contributed by atoms with E-state index in [9.17, 15) is 13.2 Å². The van der Waals surface area contributed by atoms with Crippen LogP contribution in [0.15, 0.2) is 9.00 Å². The van der Waals surface area contributed by atoms with Gasteiger partial charge in [0.25, 0.3) is 10.0 Å². The van der Waals surface area contributed by atoms with Crippen molar-refractivity contribution in [3.63, 3.8) is 0 Å². The largest absolute Gasteiger partial charge is 0.330 e. The number of aromatic amines is 1. The number of rotatable bonds is 6. The van der Waals surface area contributed by atoms with Gasteiger partial charge >= 0.3 is 4.87 Å². The Kier molecular flexibility index (Phi) is 4.94. The first kappa shape index (κ1) is 16.4. The molecule has 0 bridgehead atoms. The van der Waals surface area contributed by atoms with Crippen molar-refractivity contribution in [3.8, 4) is 0 Å². The molecule has 3 N–H and O–H groups in total. The van der Waals surface area contributed by atoms with E-state index in [1.165, 1.54) is 4.31 Å². The van der Waals surface area contributed by atoms with Crippen LogP contribution in [0.1, 0.15) is 26.5 Å². The van der Waals surface area contributed by atoms with Crippen LogP contribution < -0.4 is 10.6 Å². The van der Waals surface area contributed by atoms with Gasteiger partial charge in [-0.3, -0.25) is 4.79 Å². The number of H-pyrrole nitrogens is 1. The van der Waals surface area contributed by atoms with Crippen LogP contribution >= 0.6 is 11.3 Å². The molecule has 19 heavy (non-hydrogen) atoms. The van der Waals surface area contributed by atoms with Gasteiger partial charge in [0.15, 0.2) is 4.21 Å². The van der Waals surface area contributed by atoms with E-state index in [1.54, 1.807) is 13.8 Å². The van der Waals surface area contributed by atoms with E-state index >= 15 is 0 Å². The quantitative estimate of drug-likeness (QED) is 0.810. The van der Waals surface area contributed by atoms with Gasteiger partial charge < -0.3 is 10.7 Å². The summed E-state index contributed by atoms with van der Waals surface area (Å²) < 4.78 is 26.5. The highest BCUT2D eigenvalue weighted by molar-refractivity contribution is 7.91. The Hall–Kier alpha value is -0.700. The van der Waals surface area contributed by atoms with E-state index in [2.05, 4.69) is 4.98 Å². The fourth-order valence-corrected chi connectivity index (χ4v) is 4.74. The van der Waals surface area contributed by atoms with Gasteiger partial charge in [-0.15, -0.1) is 0 Å². The standard InChI is InChI=1S/C11H21N3O3S2/c1-5-14(7-11(3,4)6-12)19(16,17)9-8(2)13-10(15)18-9/h5-7,12H2,1-4H3,(H,13,15). The highest BCUT2D eigenvalue weighted by Gasteiger charge is 2.31. The van der Waals surface area contributed by atoms with E-state index in [1.807, 2.05) is 13.8 Å². The Labute approximate surface area is 117 Å². The normalized spacial score (nSPS) is 13.2. The summed E-state index contributed by atoms with van der Waals surface area (Å²) in [7, 11) is -3.64. The zero-order valence-electron chi connectivity index (χ0n) is 11.7. The molecule has 0 radical (unpaired) electrons. The lowest BCUT2D eigenvalue weighted by Crippen LogP contribution is -2.41. The Morgan fingerprint density at radius 2 is 2.00 bits per heavy atom. The second-order valence-electron chi connectivity index (χ2n) is 5.23. The zero-order valence-corrected chi connectivity index (χ0v) is 13.3. The summed E-state index contributed by atoms with van der Waals surface area (Å²) in [6.07, 6.45) is 0. The molecule has 0 saturated carbocycles. The van der Waals surface area contributed by atoms with Gasteiger partial charge in [0.05, 0.1) is 0 Å². The molecule has 0 unspecified atom stereocenters. The van der Waals surface area contributed by atoms with Crippen LogP contribution in [0, 0.1) is 12.3 Å². The molecule has 1 heterocycles. The summed E-state index contributed by atoms with van der Waals surface area (Å²) in [5.74, 6) is 0. The first-order valence-electron chi connectivity index (χ1n) is 6.04. The summed E-state index contributed by atoms with van der Waals surface area (Å²) in [5, 5.41) is 0. The van der Waals surface area contributed by atoms with E-state index in [4.69, 9.17) is 5.73 Å². The van der Waals surface area contributed by atoms with Crippen molar-refractivity contribution in [3.05, 3.63) is 15.4 Å². The second-order valence-corrected chi connectivity index (χ2v) is 8.34. The predicted molar refractivity (Wildman–Crippen MR) is 76.9 cm³/mol. The van der Waals surface area contributed by atoms with Crippen molar-refractivity contribution in [2.24, 2.45) is 11.1 Å². The maximum atomic E-state index is 12.5. The molecule has 0 atom stereocenters. The minimum absolute atomic E-state index is 0.0900. The van der Waals surface area contributed by atoms with E-state index in [-0.39, 0.29) is 14.5 Å². The smallest absolute Gasteiger partial charge is 0.305 e. The van der Waals surface area contributed by atoms with Gasteiger partial charge in [0, 0.05) is 18.8 Å². The van der Waals surface area contributed by atoms with Crippen molar-refractivity contribution < 1.29 is 8.42 Å². The van der Waals surface area contributed by atoms with Gasteiger partial charge in [0.1, 0.15) is 0 Å². The van der Waals surface area contributed by atoms with Gasteiger partial charge in [-0.05, 0) is 18.9 Å². The monoisotopic (exact) mass is 307 g/mol. The number of nitrogens with two attached hydrogens (primary N) is 1. The van der Waals surface area contributed by atoms with E-state index < -0.39 is 10.0 Å². The van der Waals surface area contributed by atoms with Crippen LogP contribution in [0.5, 0.6) is 0 Å². The third kappa shape index (κ3) is 3.65. The Bertz CT molecular complexity index is 587. The van der Waals surface area contributed by atoms with Gasteiger partial charge in [-0.1, -0.05) is 32.1 Å². The second kappa shape index (κ2) is 5.74. The number of nitrogens with zero attached hydrogens (tertiary/aromatic N) is 1. The minimum Gasteiger partial charge on any atom is -0.330 e. The molecule has 0 aliphatic heterocycles. The number of aromatic nitrogens is 1. The molecular formula is C11H21N3O3S2. The molecular weight excluding hydrogens is 286 g/mol. The Morgan fingerprint density at radius 1 is 1.42 bits per heavy atom. The van der Waals surface area contributed by atoms with Crippen LogP contribution in [0.4, 0.5) is 0 Å². The molecule has 0 aliphatic rings. The molecule has 8 heteroatoms. The molecule has 0 aliphatic carbocycles. The lowest BCUT2D eigenvalue weighted by atomic mass is 9.94. The molecule has 6 nitrogen and oxygen atoms in total. The minimum atomic E-state index is -3.64. The van der Waals surface area contributed by atoms with Gasteiger partial charge in [-0.2, -0.15) is 4.31 Å². The first-order chi connectivity index (χ1) is 8.64. The molecule has 0 aromatic carbocycles. The highest BCUT2D eigenvalue weighted by Crippen LogP contribution is 2.24. The molecule has 1 aromatic heterocycles. The third-order valence-corrected chi connectivity index (χ3v) is 6.37. The summed E-state index contributed by atoms with van der Waals surface area (Å²) in [5.41, 5.74) is 5.73. The van der Waals surface area contributed by atoms with Crippen molar-refractivity contribution in [1.29, 1.82) is 0 Å². The summed E-state index contributed by atoms with van der Waals surface area (Å²) in [4.78, 5) is 13.4. The third-order valence-electron chi connectivity index (χ3n) is 2.87. The van der Waals surface area contributed by atoms with Crippen LogP contribution in [0.3, 0.4) is 0 Å². The number of sulfonamides is 1. The van der Waals surface area contributed by atoms with Crippen LogP contribution in [-0.2, 0) is 10.0 Å². The SMILES string of the molecule is CCN(CC(C)(C)CN)S(=O)(=O)c1sc(=O)[nH]c1C. The fraction of sp³-hybridized carbons (Fsp3) is 0.727. The van der Waals surface area contributed by atoms with Crippen molar-refractivity contribution in [2.45, 2.75) is 31.9 Å². The molecule has 0 amide bonds. The van der Waals surface area contributed by atoms with Crippen LogP contribution in [-0.4, -0.2) is 37.3 Å². The molecule has 110 valence electrons. The highest BCUT2D eigenvalue weighted by atomic mass is 32.2. The number of nitrogens with one attached hydrogen (secondary N) is 1. The maximum Gasteiger partial charge on any atom is 0.305 e. The molecule has 1 rings (SSSR count). The number of hydrogen-bond donors (Lipinski definition) is 2. The van der Waals surface area contributed by atoms with Gasteiger partial charge in [0.2, 0.25) is 0 Å². The predicted octanol–water partition coefficient (Wildman–Crippen LogP) is 0.740. The Balaban J connectivity index is 3.17. The van der Waals surface area contributed by atoms with Crippen molar-refractivity contribution >= 4 is 21.4 Å². The summed E-state index contributed by atoms with van der Waals surface area (Å²) >= 11 is 0.727. The maximum absolute atomic E-state index is 12.5. The molecule has 0 spiro atoms. The summed E-state index contributed by atoms with van der Waals surface area (Å²) in [6.45, 7) is 8.25. The average Bonchev–Trinajstić information content (AvgIpc) is 2.66. The zero-order chi connectivity index (χ0) is 14.8. The van der Waals surface area contributed by atoms with Crippen LogP contribution in [0.25, 0.3) is 0 Å². The molecule has 0 saturated heterocycles. The lowest BCUT2D eigenvalue weighted by Gasteiger charge is -2.30. The van der Waals surface area contributed by atoms with Crippen molar-refractivity contribution in [1.82, 2.24) is 9.29 Å². The van der Waals surface area contributed by atoms with E-state index in [0.29, 0.717) is 25.3 Å².